The molecule has 3 aromatic rings. The first-order valence-electron chi connectivity index (χ1n) is 6.19. The third kappa shape index (κ3) is 3.33. The summed E-state index contributed by atoms with van der Waals surface area (Å²) in [6, 6.07) is 13.8. The highest BCUT2D eigenvalue weighted by molar-refractivity contribution is 7.13. The maximum atomic E-state index is 5.68. The Hall–Kier alpha value is -2.40. The van der Waals surface area contributed by atoms with Crippen LogP contribution in [0.5, 0.6) is 5.75 Å². The van der Waals surface area contributed by atoms with Crippen LogP contribution in [-0.2, 0) is 6.61 Å². The Balaban J connectivity index is 1.59. The van der Waals surface area contributed by atoms with Crippen LogP contribution >= 0.6 is 11.3 Å². The molecule has 2 aromatic heterocycles. The van der Waals surface area contributed by atoms with Crippen LogP contribution in [0.2, 0.25) is 0 Å². The van der Waals surface area contributed by atoms with Gasteiger partial charge in [-0.05, 0) is 17.7 Å². The maximum absolute atomic E-state index is 5.68. The predicted octanol–water partition coefficient (Wildman–Crippen LogP) is 3.86. The third-order valence-corrected chi connectivity index (χ3v) is 3.34. The van der Waals surface area contributed by atoms with Crippen LogP contribution in [0.4, 0.5) is 10.9 Å². The normalized spacial score (nSPS) is 10.2. The molecule has 0 aliphatic heterocycles. The molecule has 0 amide bonds. The van der Waals surface area contributed by atoms with E-state index in [2.05, 4.69) is 15.3 Å². The Morgan fingerprint density at radius 1 is 1.05 bits per heavy atom. The molecular formula is C15H13N3OS. The number of benzene rings is 1. The molecule has 0 spiro atoms. The van der Waals surface area contributed by atoms with Gasteiger partial charge >= 0.3 is 0 Å². The molecule has 2 heterocycles. The summed E-state index contributed by atoms with van der Waals surface area (Å²) in [6.45, 7) is 0.543. The Morgan fingerprint density at radius 2 is 1.95 bits per heavy atom. The zero-order valence-electron chi connectivity index (χ0n) is 10.7. The number of hydrogen-bond acceptors (Lipinski definition) is 5. The lowest BCUT2D eigenvalue weighted by Crippen LogP contribution is -1.97. The smallest absolute Gasteiger partial charge is 0.188 e. The van der Waals surface area contributed by atoms with Crippen LogP contribution in [0.25, 0.3) is 0 Å². The number of nitrogens with zero attached hydrogens (tertiary/aromatic N) is 2. The molecule has 4 nitrogen and oxygen atoms in total. The average Bonchev–Trinajstić information content (AvgIpc) is 3.01. The molecule has 0 aliphatic carbocycles. The first kappa shape index (κ1) is 12.6. The monoisotopic (exact) mass is 283 g/mol. The lowest BCUT2D eigenvalue weighted by atomic mass is 10.2. The molecule has 0 fully saturated rings. The van der Waals surface area contributed by atoms with Gasteiger partial charge in [0.25, 0.3) is 0 Å². The summed E-state index contributed by atoms with van der Waals surface area (Å²) in [7, 11) is 0. The molecule has 0 aliphatic rings. The van der Waals surface area contributed by atoms with Gasteiger partial charge in [0.15, 0.2) is 5.13 Å². The number of thiazole rings is 1. The van der Waals surface area contributed by atoms with E-state index in [1.54, 1.807) is 12.4 Å². The standard InChI is InChI=1S/C15H13N3OS/c1-2-4-12(5-3-1)11-19-13-6-7-14(17-10-13)18-15-16-8-9-20-15/h1-10H,11H2,(H,16,17,18). The van der Waals surface area contributed by atoms with E-state index in [9.17, 15) is 0 Å². The van der Waals surface area contributed by atoms with Crippen molar-refractivity contribution in [3.8, 4) is 5.75 Å². The summed E-state index contributed by atoms with van der Waals surface area (Å²) in [5.41, 5.74) is 1.14. The number of aromatic nitrogens is 2. The van der Waals surface area contributed by atoms with Crippen LogP contribution < -0.4 is 10.1 Å². The molecule has 0 bridgehead atoms. The highest BCUT2D eigenvalue weighted by Crippen LogP contribution is 2.19. The Morgan fingerprint density at radius 3 is 2.65 bits per heavy atom. The van der Waals surface area contributed by atoms with Gasteiger partial charge in [0.1, 0.15) is 18.2 Å². The highest BCUT2D eigenvalue weighted by atomic mass is 32.1. The lowest BCUT2D eigenvalue weighted by molar-refractivity contribution is 0.305. The molecule has 0 saturated carbocycles. The maximum Gasteiger partial charge on any atom is 0.188 e. The second-order valence-electron chi connectivity index (χ2n) is 4.12. The van der Waals surface area contributed by atoms with E-state index in [1.165, 1.54) is 11.3 Å². The van der Waals surface area contributed by atoms with E-state index in [-0.39, 0.29) is 0 Å². The molecule has 0 saturated heterocycles. The van der Waals surface area contributed by atoms with E-state index >= 15 is 0 Å². The topological polar surface area (TPSA) is 47.0 Å². The molecule has 5 heteroatoms. The number of pyridine rings is 1. The average molecular weight is 283 g/mol. The lowest BCUT2D eigenvalue weighted by Gasteiger charge is -2.07. The molecular weight excluding hydrogens is 270 g/mol. The quantitative estimate of drug-likeness (QED) is 0.772. The molecule has 20 heavy (non-hydrogen) atoms. The van der Waals surface area contributed by atoms with Gasteiger partial charge in [-0.15, -0.1) is 11.3 Å². The second kappa shape index (κ2) is 6.16. The number of anilines is 2. The molecule has 1 aromatic carbocycles. The van der Waals surface area contributed by atoms with E-state index in [0.717, 1.165) is 22.3 Å². The number of nitrogens with one attached hydrogen (secondary N) is 1. The Labute approximate surface area is 121 Å². The first-order valence-corrected chi connectivity index (χ1v) is 7.07. The summed E-state index contributed by atoms with van der Waals surface area (Å²) < 4.78 is 5.68. The van der Waals surface area contributed by atoms with Crippen LogP contribution in [0.15, 0.2) is 60.2 Å². The van der Waals surface area contributed by atoms with Crippen LogP contribution in [0, 0.1) is 0 Å². The van der Waals surface area contributed by atoms with Crippen molar-refractivity contribution in [3.05, 3.63) is 65.8 Å². The van der Waals surface area contributed by atoms with Crippen molar-refractivity contribution >= 4 is 22.3 Å². The molecule has 0 radical (unpaired) electrons. The van der Waals surface area contributed by atoms with Crippen molar-refractivity contribution in [2.45, 2.75) is 6.61 Å². The summed E-state index contributed by atoms with van der Waals surface area (Å²) >= 11 is 1.54. The predicted molar refractivity (Wildman–Crippen MR) is 80.4 cm³/mol. The molecule has 1 N–H and O–H groups in total. The van der Waals surface area contributed by atoms with Crippen molar-refractivity contribution in [3.63, 3.8) is 0 Å². The van der Waals surface area contributed by atoms with E-state index in [1.807, 2.05) is 47.8 Å². The molecule has 100 valence electrons. The van der Waals surface area contributed by atoms with Crippen molar-refractivity contribution in [2.75, 3.05) is 5.32 Å². The Kier molecular flexibility index (Phi) is 3.89. The fourth-order valence-corrected chi connectivity index (χ4v) is 2.21. The SMILES string of the molecule is c1ccc(COc2ccc(Nc3nccs3)nc2)cc1. The van der Waals surface area contributed by atoms with Crippen LogP contribution in [0.1, 0.15) is 5.56 Å². The van der Waals surface area contributed by atoms with E-state index in [0.29, 0.717) is 6.61 Å². The van der Waals surface area contributed by atoms with Crippen molar-refractivity contribution < 1.29 is 4.74 Å². The minimum absolute atomic E-state index is 0.543. The van der Waals surface area contributed by atoms with Crippen LogP contribution in [-0.4, -0.2) is 9.97 Å². The summed E-state index contributed by atoms with van der Waals surface area (Å²) in [4.78, 5) is 8.44. The minimum Gasteiger partial charge on any atom is -0.487 e. The van der Waals surface area contributed by atoms with Crippen LogP contribution in [0.3, 0.4) is 0 Å². The Bertz CT molecular complexity index is 639. The van der Waals surface area contributed by atoms with Gasteiger partial charge in [0.05, 0.1) is 6.20 Å². The van der Waals surface area contributed by atoms with Crippen molar-refractivity contribution in [1.82, 2.24) is 9.97 Å². The second-order valence-corrected chi connectivity index (χ2v) is 5.01. The van der Waals surface area contributed by atoms with Gasteiger partial charge in [-0.2, -0.15) is 0 Å². The summed E-state index contributed by atoms with van der Waals surface area (Å²) in [6.07, 6.45) is 3.46. The number of rotatable bonds is 5. The molecule has 0 unspecified atom stereocenters. The summed E-state index contributed by atoms with van der Waals surface area (Å²) in [5.74, 6) is 1.51. The third-order valence-electron chi connectivity index (χ3n) is 2.65. The van der Waals surface area contributed by atoms with Gasteiger partial charge in [-0.25, -0.2) is 9.97 Å². The van der Waals surface area contributed by atoms with Crippen molar-refractivity contribution in [1.29, 1.82) is 0 Å². The summed E-state index contributed by atoms with van der Waals surface area (Å²) in [5, 5.41) is 5.87. The number of hydrogen-bond donors (Lipinski definition) is 1. The fraction of sp³-hybridized carbons (Fsp3) is 0.0667. The van der Waals surface area contributed by atoms with E-state index in [4.69, 9.17) is 4.74 Å². The van der Waals surface area contributed by atoms with Gasteiger partial charge in [0.2, 0.25) is 0 Å². The number of ether oxygens (including phenoxy) is 1. The fourth-order valence-electron chi connectivity index (χ4n) is 1.68. The van der Waals surface area contributed by atoms with Gasteiger partial charge in [0, 0.05) is 11.6 Å². The van der Waals surface area contributed by atoms with E-state index < -0.39 is 0 Å². The largest absolute Gasteiger partial charge is 0.487 e. The van der Waals surface area contributed by atoms with Gasteiger partial charge < -0.3 is 10.1 Å². The zero-order chi connectivity index (χ0) is 13.6. The highest BCUT2D eigenvalue weighted by Gasteiger charge is 2.00. The first-order chi connectivity index (χ1) is 9.90. The van der Waals surface area contributed by atoms with Crippen molar-refractivity contribution in [2.24, 2.45) is 0 Å². The van der Waals surface area contributed by atoms with Gasteiger partial charge in [-0.1, -0.05) is 30.3 Å². The molecule has 3 rings (SSSR count). The van der Waals surface area contributed by atoms with Gasteiger partial charge in [-0.3, -0.25) is 0 Å². The molecule has 0 atom stereocenters. The minimum atomic E-state index is 0.543. The zero-order valence-corrected chi connectivity index (χ0v) is 11.5.